The molecule has 1 saturated heterocycles. The van der Waals surface area contributed by atoms with Crippen LogP contribution in [0.2, 0.25) is 0 Å². The maximum Gasteiger partial charge on any atom is 0.343 e. The van der Waals surface area contributed by atoms with Gasteiger partial charge in [0, 0.05) is 36.7 Å². The first kappa shape index (κ1) is 27.5. The number of fused-ring (bicyclic) bond motifs is 3. The van der Waals surface area contributed by atoms with Crippen LogP contribution in [0.5, 0.6) is 0 Å². The number of carbonyl (C=O) groups excluding carboxylic acids is 3. The lowest BCUT2D eigenvalue weighted by molar-refractivity contribution is -0.255. The Kier molecular flexibility index (Phi) is 8.04. The van der Waals surface area contributed by atoms with E-state index in [2.05, 4.69) is 0 Å². The van der Waals surface area contributed by atoms with E-state index in [1.165, 1.54) is 6.08 Å². The fourth-order valence-corrected chi connectivity index (χ4v) is 5.05. The van der Waals surface area contributed by atoms with E-state index in [-0.39, 0.29) is 23.9 Å². The molecule has 1 fully saturated rings. The SMILES string of the molecule is C/C=C(\C)C(=O)O[C@H]1C[C@@H](C)C2(OC)CCC(C)(/C=C3/OC(=O)C(COC(=O)/C=C/c4ccccc4)=C31)O2. The summed E-state index contributed by atoms with van der Waals surface area (Å²) >= 11 is 0. The highest BCUT2D eigenvalue weighted by Gasteiger charge is 2.53. The summed E-state index contributed by atoms with van der Waals surface area (Å²) < 4.78 is 29.3. The average molecular weight is 523 g/mol. The second-order valence-electron chi connectivity index (χ2n) is 10.1. The average Bonchev–Trinajstić information content (AvgIpc) is 3.42. The van der Waals surface area contributed by atoms with Gasteiger partial charge in [-0.05, 0) is 51.3 Å². The molecule has 202 valence electrons. The molecule has 2 bridgehead atoms. The zero-order chi connectivity index (χ0) is 27.5. The van der Waals surface area contributed by atoms with Crippen molar-refractivity contribution < 1.29 is 38.1 Å². The number of rotatable bonds is 7. The van der Waals surface area contributed by atoms with Gasteiger partial charge < -0.3 is 23.7 Å². The van der Waals surface area contributed by atoms with E-state index in [1.807, 2.05) is 44.2 Å². The fraction of sp³-hybridized carbons (Fsp3) is 0.433. The zero-order valence-electron chi connectivity index (χ0n) is 22.4. The zero-order valence-corrected chi connectivity index (χ0v) is 22.4. The highest BCUT2D eigenvalue weighted by molar-refractivity contribution is 5.96. The molecule has 0 aliphatic carbocycles. The Morgan fingerprint density at radius 2 is 1.92 bits per heavy atom. The first-order valence-corrected chi connectivity index (χ1v) is 12.8. The molecule has 1 aromatic rings. The molecule has 0 amide bonds. The van der Waals surface area contributed by atoms with Crippen LogP contribution in [0.25, 0.3) is 6.08 Å². The summed E-state index contributed by atoms with van der Waals surface area (Å²) in [6.45, 7) is 6.95. The van der Waals surface area contributed by atoms with Crippen molar-refractivity contribution in [2.45, 2.75) is 64.4 Å². The van der Waals surface area contributed by atoms with Gasteiger partial charge in [0.15, 0.2) is 5.79 Å². The summed E-state index contributed by atoms with van der Waals surface area (Å²) in [5, 5.41) is 0. The quantitative estimate of drug-likeness (QED) is 0.286. The van der Waals surface area contributed by atoms with Gasteiger partial charge in [-0.15, -0.1) is 0 Å². The number of methoxy groups -OCH3 is 1. The van der Waals surface area contributed by atoms with Crippen molar-refractivity contribution in [3.63, 3.8) is 0 Å². The number of hydrogen-bond donors (Lipinski definition) is 0. The number of benzene rings is 1. The topological polar surface area (TPSA) is 97.4 Å². The van der Waals surface area contributed by atoms with Gasteiger partial charge in [-0.3, -0.25) is 0 Å². The molecule has 8 heteroatoms. The lowest BCUT2D eigenvalue weighted by atomic mass is 9.85. The van der Waals surface area contributed by atoms with Gasteiger partial charge in [-0.25, -0.2) is 14.4 Å². The minimum atomic E-state index is -0.885. The van der Waals surface area contributed by atoms with Crippen molar-refractivity contribution >= 4 is 24.0 Å². The molecule has 0 spiro atoms. The third-order valence-corrected chi connectivity index (χ3v) is 7.41. The van der Waals surface area contributed by atoms with E-state index in [0.717, 1.165) is 5.56 Å². The van der Waals surface area contributed by atoms with Crippen molar-refractivity contribution in [1.29, 1.82) is 0 Å². The molecule has 1 aromatic carbocycles. The molecule has 0 N–H and O–H groups in total. The summed E-state index contributed by atoms with van der Waals surface area (Å²) in [5.74, 6) is -2.62. The van der Waals surface area contributed by atoms with E-state index >= 15 is 0 Å². The second kappa shape index (κ2) is 11.1. The Balaban J connectivity index is 1.69. The first-order chi connectivity index (χ1) is 18.1. The Morgan fingerprint density at radius 1 is 1.18 bits per heavy atom. The summed E-state index contributed by atoms with van der Waals surface area (Å²) in [6, 6.07) is 9.31. The molecule has 0 radical (unpaired) electrons. The van der Waals surface area contributed by atoms with Crippen LogP contribution in [0, 0.1) is 5.92 Å². The number of esters is 3. The summed E-state index contributed by atoms with van der Waals surface area (Å²) in [6.07, 6.45) is 7.06. The van der Waals surface area contributed by atoms with Gasteiger partial charge in [0.25, 0.3) is 0 Å². The third-order valence-electron chi connectivity index (χ3n) is 7.41. The predicted octanol–water partition coefficient (Wildman–Crippen LogP) is 4.81. The lowest BCUT2D eigenvalue weighted by Gasteiger charge is -2.36. The normalized spacial score (nSPS) is 30.6. The molecule has 2 unspecified atom stereocenters. The number of carbonyl (C=O) groups is 3. The standard InChI is InChI=1S/C30H34O8/c1-6-19(2)27(32)36-23-16-20(3)30(34-5)15-14-29(4,38-30)17-24-26(23)22(28(33)37-24)18-35-25(31)13-12-21-10-8-7-9-11-21/h6-13,17,20,23H,14-16,18H2,1-5H3/b13-12+,19-6+,24-17+/t20-,23+,29?,30?/m1/s1. The molecule has 4 rings (SSSR count). The Labute approximate surface area is 222 Å². The van der Waals surface area contributed by atoms with Gasteiger partial charge in [0.2, 0.25) is 0 Å². The highest BCUT2D eigenvalue weighted by Crippen LogP contribution is 2.49. The van der Waals surface area contributed by atoms with Crippen LogP contribution in [-0.4, -0.2) is 49.1 Å². The van der Waals surface area contributed by atoms with Crippen molar-refractivity contribution in [3.05, 3.63) is 76.6 Å². The van der Waals surface area contributed by atoms with Gasteiger partial charge in [0.05, 0.1) is 11.2 Å². The molecule has 3 aliphatic rings. The van der Waals surface area contributed by atoms with Crippen molar-refractivity contribution in [1.82, 2.24) is 0 Å². The molecule has 3 aliphatic heterocycles. The van der Waals surface area contributed by atoms with Gasteiger partial charge >= 0.3 is 17.9 Å². The van der Waals surface area contributed by atoms with E-state index in [4.69, 9.17) is 23.7 Å². The smallest absolute Gasteiger partial charge is 0.343 e. The molecular formula is C30H34O8. The minimum Gasteiger partial charge on any atom is -0.457 e. The number of ether oxygens (including phenoxy) is 5. The molecule has 3 heterocycles. The van der Waals surface area contributed by atoms with E-state index in [0.29, 0.717) is 30.4 Å². The summed E-state index contributed by atoms with van der Waals surface area (Å²) in [5.41, 5.74) is 1.02. The lowest BCUT2D eigenvalue weighted by Crippen LogP contribution is -2.42. The maximum absolute atomic E-state index is 13.0. The Morgan fingerprint density at radius 3 is 2.61 bits per heavy atom. The van der Waals surface area contributed by atoms with Crippen molar-refractivity contribution in [2.24, 2.45) is 5.92 Å². The minimum absolute atomic E-state index is 0.133. The van der Waals surface area contributed by atoms with Crippen molar-refractivity contribution in [3.8, 4) is 0 Å². The summed E-state index contributed by atoms with van der Waals surface area (Å²) in [4.78, 5) is 38.3. The van der Waals surface area contributed by atoms with Crippen LogP contribution in [-0.2, 0) is 38.1 Å². The fourth-order valence-electron chi connectivity index (χ4n) is 5.05. The molecule has 0 aromatic heterocycles. The van der Waals surface area contributed by atoms with Gasteiger partial charge in [-0.1, -0.05) is 43.3 Å². The predicted molar refractivity (Wildman–Crippen MR) is 139 cm³/mol. The Bertz CT molecular complexity index is 1220. The molecule has 38 heavy (non-hydrogen) atoms. The van der Waals surface area contributed by atoms with Crippen molar-refractivity contribution in [2.75, 3.05) is 13.7 Å². The van der Waals surface area contributed by atoms with Crippen LogP contribution in [0.15, 0.2) is 71.0 Å². The first-order valence-electron chi connectivity index (χ1n) is 12.8. The van der Waals surface area contributed by atoms with E-state index in [9.17, 15) is 14.4 Å². The third kappa shape index (κ3) is 5.66. The van der Waals surface area contributed by atoms with Crippen LogP contribution in [0.3, 0.4) is 0 Å². The molecule has 0 saturated carbocycles. The van der Waals surface area contributed by atoms with Crippen LogP contribution in [0.1, 0.15) is 52.5 Å². The van der Waals surface area contributed by atoms with Crippen LogP contribution >= 0.6 is 0 Å². The van der Waals surface area contributed by atoms with Crippen LogP contribution < -0.4 is 0 Å². The molecule has 4 atom stereocenters. The maximum atomic E-state index is 13.0. The van der Waals surface area contributed by atoms with Gasteiger partial charge in [0.1, 0.15) is 18.5 Å². The molecular weight excluding hydrogens is 488 g/mol. The number of allylic oxidation sites excluding steroid dienone is 1. The monoisotopic (exact) mass is 522 g/mol. The molecule has 8 nitrogen and oxygen atoms in total. The Hall–Kier alpha value is -3.49. The largest absolute Gasteiger partial charge is 0.457 e. The summed E-state index contributed by atoms with van der Waals surface area (Å²) in [7, 11) is 1.60. The van der Waals surface area contributed by atoms with E-state index < -0.39 is 35.4 Å². The number of hydrogen-bond acceptors (Lipinski definition) is 8. The highest BCUT2D eigenvalue weighted by atomic mass is 16.7. The second-order valence-corrected chi connectivity index (χ2v) is 10.1. The van der Waals surface area contributed by atoms with Gasteiger partial charge in [-0.2, -0.15) is 0 Å². The van der Waals surface area contributed by atoms with Crippen LogP contribution in [0.4, 0.5) is 0 Å². The van der Waals surface area contributed by atoms with E-state index in [1.54, 1.807) is 39.2 Å².